The molecule has 0 aliphatic carbocycles. The van der Waals surface area contributed by atoms with Crippen LogP contribution in [0, 0.1) is 116 Å². The maximum Gasteiger partial charge on any atom is 0.785 e. The summed E-state index contributed by atoms with van der Waals surface area (Å²) < 4.78 is 266. The predicted molar refractivity (Wildman–Crippen MR) is 130 cm³/mol. The van der Waals surface area contributed by atoms with E-state index in [0.717, 1.165) is 0 Å². The van der Waals surface area contributed by atoms with Crippen molar-refractivity contribution in [3.8, 4) is 11.5 Å². The molecule has 0 unspecified atom stereocenters. The summed E-state index contributed by atoms with van der Waals surface area (Å²) in [6, 6.07) is 0. The van der Waals surface area contributed by atoms with Crippen molar-refractivity contribution < 1.29 is 102 Å². The molecule has 50 heavy (non-hydrogen) atoms. The molecule has 26 heteroatoms. The zero-order valence-corrected chi connectivity index (χ0v) is 25.6. The van der Waals surface area contributed by atoms with Crippen molar-refractivity contribution >= 4 is 52.1 Å². The van der Waals surface area contributed by atoms with Gasteiger partial charge < -0.3 is 14.3 Å². The molecule has 0 saturated carbocycles. The van der Waals surface area contributed by atoms with Gasteiger partial charge in [0, 0.05) is 0 Å². The second-order valence-corrected chi connectivity index (χ2v) is 10.4. The third kappa shape index (κ3) is 7.65. The average molecular weight is 833 g/mol. The highest BCUT2D eigenvalue weighted by Crippen LogP contribution is 2.32. The molecule has 4 aromatic rings. The van der Waals surface area contributed by atoms with Crippen LogP contribution in [0.2, 0.25) is 0 Å². The van der Waals surface area contributed by atoms with E-state index in [4.69, 9.17) is 5.02 Å². The molecule has 0 aliphatic heterocycles. The van der Waals surface area contributed by atoms with Crippen LogP contribution < -0.4 is 16.7 Å². The predicted octanol–water partition coefficient (Wildman–Crippen LogP) is 6.82. The maximum atomic E-state index is 13.4. The summed E-state index contributed by atoms with van der Waals surface area (Å²) in [5, 5.41) is 9.17. The average Bonchev–Trinajstić information content (AvgIpc) is 3.08. The molecular formula is C24H2BBrF20MgO3. The van der Waals surface area contributed by atoms with E-state index in [-0.39, 0.29) is 17.0 Å². The quantitative estimate of drug-likeness (QED) is 0.100. The first-order chi connectivity index (χ1) is 22.6. The van der Waals surface area contributed by atoms with Crippen LogP contribution in [0.3, 0.4) is 0 Å². The minimum Gasteiger partial charge on any atom is -0.496 e. The van der Waals surface area contributed by atoms with Crippen LogP contribution in [0.25, 0.3) is 0 Å². The van der Waals surface area contributed by atoms with E-state index >= 15 is 0 Å². The Hall–Kier alpha value is -3.65. The van der Waals surface area contributed by atoms with E-state index in [0.29, 0.717) is 0 Å². The molecule has 0 aromatic heterocycles. The lowest BCUT2D eigenvalue weighted by atomic mass is 10.2. The first kappa shape index (κ1) is 42.5. The van der Waals surface area contributed by atoms with Gasteiger partial charge in [0.2, 0.25) is 58.2 Å². The fraction of sp³-hybridized carbons (Fsp3) is 0. The summed E-state index contributed by atoms with van der Waals surface area (Å²) in [5.74, 6) is -53.8. The van der Waals surface area contributed by atoms with E-state index in [2.05, 4.69) is 9.31 Å². The largest absolute Gasteiger partial charge is 0.785 e. The number of hydrogen-bond donors (Lipinski definition) is 1. The highest BCUT2D eigenvalue weighted by molar-refractivity contribution is 8.93. The summed E-state index contributed by atoms with van der Waals surface area (Å²) in [4.78, 5) is 0. The minimum absolute atomic E-state index is 0. The first-order valence-corrected chi connectivity index (χ1v) is 13.0. The molecule has 0 amide bonds. The minimum atomic E-state index is -3.26. The molecule has 0 aliphatic rings. The van der Waals surface area contributed by atoms with Crippen LogP contribution in [-0.4, -0.2) is 32.7 Å². The number of halogens is 21. The van der Waals surface area contributed by atoms with Gasteiger partial charge in [-0.2, -0.15) is 17.6 Å². The molecule has 268 valence electrons. The van der Waals surface area contributed by atoms with Crippen molar-refractivity contribution in [2.45, 2.75) is 0 Å². The van der Waals surface area contributed by atoms with E-state index < -0.39 is 163 Å². The van der Waals surface area contributed by atoms with Crippen LogP contribution in [0.1, 0.15) is 0 Å². The van der Waals surface area contributed by atoms with Crippen molar-refractivity contribution in [3.05, 3.63) is 116 Å². The molecule has 4 aromatic carbocycles. The molecule has 0 bridgehead atoms. The fourth-order valence-electron chi connectivity index (χ4n) is 3.39. The van der Waals surface area contributed by atoms with E-state index in [1.54, 1.807) is 0 Å². The van der Waals surface area contributed by atoms with Crippen LogP contribution >= 0.6 is 17.0 Å². The van der Waals surface area contributed by atoms with Crippen molar-refractivity contribution in [1.82, 2.24) is 0 Å². The van der Waals surface area contributed by atoms with Crippen molar-refractivity contribution in [2.75, 3.05) is 0 Å². The van der Waals surface area contributed by atoms with Gasteiger partial charge in [-0.15, -0.1) is 17.0 Å². The molecule has 0 radical (unpaired) electrons. The van der Waals surface area contributed by atoms with E-state index in [9.17, 15) is 87.8 Å². The Morgan fingerprint density at radius 3 is 0.660 bits per heavy atom. The first-order valence-electron chi connectivity index (χ1n) is 11.6. The molecule has 0 atom stereocenters. The summed E-state index contributed by atoms with van der Waals surface area (Å²) >= 11 is -3.26. The number of benzene rings is 4. The van der Waals surface area contributed by atoms with Crippen LogP contribution in [0.15, 0.2) is 0 Å². The van der Waals surface area contributed by atoms with Gasteiger partial charge in [-0.1, -0.05) is 7.39 Å². The van der Waals surface area contributed by atoms with E-state index in [1.165, 1.54) is 0 Å². The SMILES string of the molecule is Br.Fc1c(F)c(F)[c]([Mg][c]2c(F)c(F)c(F)c(F)c2F)c(F)c1F.OB(Oc1c(F)c(F)c(F)c(F)c1F)Oc1c(F)c(F)c(F)c(F)c1F. The second kappa shape index (κ2) is 16.1. The molecule has 0 fully saturated rings. The van der Waals surface area contributed by atoms with Gasteiger partial charge in [0.1, 0.15) is 23.3 Å². The summed E-state index contributed by atoms with van der Waals surface area (Å²) in [5.41, 5.74) is 0. The third-order valence-corrected chi connectivity index (χ3v) is 7.68. The Kier molecular flexibility index (Phi) is 13.7. The molecule has 3 nitrogen and oxygen atoms in total. The smallest absolute Gasteiger partial charge is 0.496 e. The third-order valence-electron chi connectivity index (χ3n) is 5.73. The van der Waals surface area contributed by atoms with Crippen molar-refractivity contribution in [3.63, 3.8) is 0 Å². The van der Waals surface area contributed by atoms with Crippen LogP contribution in [-0.2, 0) is 0 Å². The van der Waals surface area contributed by atoms with Gasteiger partial charge >= 0.3 is 27.7 Å². The Labute approximate surface area is 281 Å². The number of rotatable bonds is 6. The molecule has 4 rings (SSSR count). The lowest BCUT2D eigenvalue weighted by Gasteiger charge is -2.14. The Morgan fingerprint density at radius 1 is 0.300 bits per heavy atom. The highest BCUT2D eigenvalue weighted by Gasteiger charge is 2.36. The zero-order valence-electron chi connectivity index (χ0n) is 22.5. The zero-order chi connectivity index (χ0) is 37.6. The van der Waals surface area contributed by atoms with Crippen LogP contribution in [0.4, 0.5) is 87.8 Å². The molecule has 0 saturated heterocycles. The second-order valence-electron chi connectivity index (χ2n) is 8.61. The van der Waals surface area contributed by atoms with Crippen molar-refractivity contribution in [2.24, 2.45) is 0 Å². The van der Waals surface area contributed by atoms with Crippen LogP contribution in [0.5, 0.6) is 11.5 Å². The number of hydrogen-bond acceptors (Lipinski definition) is 3. The highest BCUT2D eigenvalue weighted by atomic mass is 79.9. The van der Waals surface area contributed by atoms with Gasteiger partial charge in [0.15, 0.2) is 46.4 Å². The summed E-state index contributed by atoms with van der Waals surface area (Å²) in [7, 11) is -3.23. The summed E-state index contributed by atoms with van der Waals surface area (Å²) in [6.45, 7) is 0. The monoisotopic (exact) mass is 832 g/mol. The normalized spacial score (nSPS) is 10.7. The lowest BCUT2D eigenvalue weighted by molar-refractivity contribution is 0.253. The molecular weight excluding hydrogens is 831 g/mol. The van der Waals surface area contributed by atoms with Gasteiger partial charge in [0.05, 0.1) is 0 Å². The Balaban J connectivity index is 0.000000342. The Morgan fingerprint density at radius 2 is 0.460 bits per heavy atom. The maximum absolute atomic E-state index is 13.4. The fourth-order valence-corrected chi connectivity index (χ4v) is 4.99. The van der Waals surface area contributed by atoms with Crippen molar-refractivity contribution in [1.29, 1.82) is 0 Å². The standard InChI is InChI=1S/C12HBF10O3.2C6F5.BrH.Mg/c14-1-3(16)7(20)11(8(21)4(1)17)25-13(24)26-12-9(22)5(18)2(15)6(19)10(12)23;2*7-2-1-3(8)5(10)6(11)4(2)9;;/h24H;;;1H;. The topological polar surface area (TPSA) is 38.7 Å². The van der Waals surface area contributed by atoms with Gasteiger partial charge in [0.25, 0.3) is 0 Å². The van der Waals surface area contributed by atoms with Gasteiger partial charge in [-0.05, 0) is 0 Å². The van der Waals surface area contributed by atoms with E-state index in [1.807, 2.05) is 0 Å². The van der Waals surface area contributed by atoms with Gasteiger partial charge in [-0.25, -0.2) is 70.2 Å². The molecule has 0 spiro atoms. The van der Waals surface area contributed by atoms with Gasteiger partial charge in [-0.3, -0.25) is 0 Å². The Bertz CT molecular complexity index is 1750. The molecule has 0 heterocycles. The molecule has 1 N–H and O–H groups in total. The lowest BCUT2D eigenvalue weighted by Crippen LogP contribution is -2.39. The summed E-state index contributed by atoms with van der Waals surface area (Å²) in [6.07, 6.45) is 0.